The third-order valence-electron chi connectivity index (χ3n) is 15.1. The Kier molecular flexibility index (Phi) is 29.2. The van der Waals surface area contributed by atoms with Gasteiger partial charge in [-0.05, 0) is 210 Å². The molecule has 0 aromatic heterocycles. The number of hydrogen-bond acceptors (Lipinski definition) is 0. The van der Waals surface area contributed by atoms with Gasteiger partial charge in [0.05, 0.1) is 0 Å². The Bertz CT molecular complexity index is 2990. The van der Waals surface area contributed by atoms with Gasteiger partial charge in [-0.2, -0.15) is 0 Å². The van der Waals surface area contributed by atoms with Crippen molar-refractivity contribution in [2.45, 2.75) is 202 Å². The standard InChI is InChI=1S/C19H24.C16H18.C13H20.3C11H16/c1-13(2)18-11-17(16-9-7-6-8-10-16)12-19(14(3)4)15(18)5;1-12(2)15-10-7-11-16(13(15)3)14-8-5-4-6-9-14;1-9-7-12(13(4,5)6)8-10(2)11(9)3;1-9(2)8-11-6-4-10(3)5-7-11;1-9(2)7-11-6-4-5-10(3)8-11;1-9(2)8-11-7-5-4-6-10(11)3/h6-14H,1-5H3;4-12H,1-3H3;7-8H,1-6H3;4-7,9H,8H2,1-3H3;4-6,8-9H,7H2,1-3H3;4-7,9H,8H2,1-3H3. The Labute approximate surface area is 498 Å². The third-order valence-corrected chi connectivity index (χ3v) is 15.1. The second-order valence-corrected chi connectivity index (χ2v) is 26.2. The molecule has 0 aliphatic carbocycles. The highest BCUT2D eigenvalue weighted by Gasteiger charge is 2.16. The molecule has 0 N–H and O–H groups in total. The molecular weight excluding hydrogens is 973 g/mol. The Morgan fingerprint density at radius 3 is 1.22 bits per heavy atom. The molecule has 0 heterocycles. The molecule has 8 aromatic carbocycles. The second-order valence-electron chi connectivity index (χ2n) is 26.2. The topological polar surface area (TPSA) is 0 Å². The molecule has 0 nitrogen and oxygen atoms in total. The molecule has 434 valence electrons. The molecular formula is C81H110. The molecule has 81 heavy (non-hydrogen) atoms. The number of benzene rings is 8. The maximum atomic E-state index is 2.36. The van der Waals surface area contributed by atoms with E-state index in [1.165, 1.54) is 125 Å². The van der Waals surface area contributed by atoms with E-state index >= 15 is 0 Å². The number of aryl methyl sites for hydroxylation is 5. The van der Waals surface area contributed by atoms with Gasteiger partial charge >= 0.3 is 0 Å². The fraction of sp³-hybridized carbons (Fsp3) is 0.407. The molecule has 0 spiro atoms. The molecule has 0 saturated heterocycles. The van der Waals surface area contributed by atoms with Crippen molar-refractivity contribution in [1.82, 2.24) is 0 Å². The predicted octanol–water partition coefficient (Wildman–Crippen LogP) is 24.2. The lowest BCUT2D eigenvalue weighted by atomic mass is 9.84. The highest BCUT2D eigenvalue weighted by molar-refractivity contribution is 5.69. The molecule has 0 fully saturated rings. The maximum absolute atomic E-state index is 2.36. The van der Waals surface area contributed by atoms with Crippen molar-refractivity contribution in [3.05, 3.63) is 259 Å². The van der Waals surface area contributed by atoms with E-state index in [2.05, 4.69) is 335 Å². The lowest BCUT2D eigenvalue weighted by Gasteiger charge is -2.21. The quantitative estimate of drug-likeness (QED) is 0.121. The summed E-state index contributed by atoms with van der Waals surface area (Å²) in [5, 5.41) is 0. The van der Waals surface area contributed by atoms with Gasteiger partial charge in [-0.25, -0.2) is 0 Å². The van der Waals surface area contributed by atoms with E-state index in [0.29, 0.717) is 17.8 Å². The molecule has 0 unspecified atom stereocenters. The van der Waals surface area contributed by atoms with Crippen molar-refractivity contribution in [2.75, 3.05) is 0 Å². The zero-order chi connectivity index (χ0) is 60.6. The van der Waals surface area contributed by atoms with E-state index in [4.69, 9.17) is 0 Å². The first-order valence-electron chi connectivity index (χ1n) is 30.7. The number of rotatable bonds is 11. The van der Waals surface area contributed by atoms with Crippen LogP contribution in [0.4, 0.5) is 0 Å². The van der Waals surface area contributed by atoms with E-state index in [-0.39, 0.29) is 5.41 Å². The molecule has 0 heteroatoms. The summed E-state index contributed by atoms with van der Waals surface area (Å²) in [6, 6.07) is 63.3. The van der Waals surface area contributed by atoms with Gasteiger partial charge < -0.3 is 0 Å². The predicted molar refractivity (Wildman–Crippen MR) is 364 cm³/mol. The van der Waals surface area contributed by atoms with Crippen LogP contribution in [0.15, 0.2) is 176 Å². The minimum atomic E-state index is 0.267. The Balaban J connectivity index is 0.000000259. The molecule has 0 aliphatic rings. The van der Waals surface area contributed by atoms with Crippen LogP contribution >= 0.6 is 0 Å². The van der Waals surface area contributed by atoms with Crippen LogP contribution in [0.2, 0.25) is 0 Å². The van der Waals surface area contributed by atoms with Crippen LogP contribution in [0.25, 0.3) is 22.3 Å². The van der Waals surface area contributed by atoms with Crippen molar-refractivity contribution in [3.8, 4) is 22.3 Å². The first kappa shape index (κ1) is 69.0. The molecule has 0 amide bonds. The van der Waals surface area contributed by atoms with Gasteiger partial charge in [0.2, 0.25) is 0 Å². The highest BCUT2D eigenvalue weighted by Crippen LogP contribution is 2.34. The van der Waals surface area contributed by atoms with Crippen LogP contribution in [-0.4, -0.2) is 0 Å². The summed E-state index contributed by atoms with van der Waals surface area (Å²) in [6.45, 7) is 51.4. The largest absolute Gasteiger partial charge is 0.0625 e. The smallest absolute Gasteiger partial charge is 0.0132 e. The molecule has 0 saturated carbocycles. The summed E-state index contributed by atoms with van der Waals surface area (Å²) in [5.74, 6) is 4.01. The van der Waals surface area contributed by atoms with Gasteiger partial charge in [-0.15, -0.1) is 0 Å². The van der Waals surface area contributed by atoms with Crippen LogP contribution < -0.4 is 0 Å². The lowest BCUT2D eigenvalue weighted by Crippen LogP contribution is -2.12. The summed E-state index contributed by atoms with van der Waals surface area (Å²) in [4.78, 5) is 0. The molecule has 0 bridgehead atoms. The molecule has 0 atom stereocenters. The van der Waals surface area contributed by atoms with Crippen LogP contribution in [0.5, 0.6) is 0 Å². The SMILES string of the molecule is Cc1c(-c2ccccc2)cccc1C(C)C.Cc1c(C(C)C)cc(-c2ccccc2)cc1C(C)C.Cc1cc(C(C)(C)C)cc(C)c1C.Cc1ccc(CC(C)C)cc1.Cc1cccc(CC(C)C)c1.Cc1ccccc1CC(C)C. The molecule has 0 aliphatic heterocycles. The van der Waals surface area contributed by atoms with E-state index in [9.17, 15) is 0 Å². The Morgan fingerprint density at radius 2 is 0.765 bits per heavy atom. The van der Waals surface area contributed by atoms with Gasteiger partial charge in [0.1, 0.15) is 0 Å². The van der Waals surface area contributed by atoms with Crippen molar-refractivity contribution in [2.24, 2.45) is 17.8 Å². The Morgan fingerprint density at radius 1 is 0.309 bits per heavy atom. The first-order chi connectivity index (χ1) is 38.1. The molecule has 0 radical (unpaired) electrons. The molecule has 8 aromatic rings. The molecule has 8 rings (SSSR count). The first-order valence-corrected chi connectivity index (χ1v) is 30.7. The van der Waals surface area contributed by atoms with Gasteiger partial charge in [0.25, 0.3) is 0 Å². The van der Waals surface area contributed by atoms with Gasteiger partial charge in [0, 0.05) is 0 Å². The van der Waals surface area contributed by atoms with Crippen LogP contribution in [0.1, 0.15) is 205 Å². The minimum Gasteiger partial charge on any atom is -0.0625 e. The van der Waals surface area contributed by atoms with Crippen molar-refractivity contribution in [3.63, 3.8) is 0 Å². The summed E-state index contributed by atoms with van der Waals surface area (Å²) < 4.78 is 0. The van der Waals surface area contributed by atoms with Crippen molar-refractivity contribution < 1.29 is 0 Å². The van der Waals surface area contributed by atoms with E-state index < -0.39 is 0 Å². The van der Waals surface area contributed by atoms with E-state index in [0.717, 1.165) is 17.8 Å². The fourth-order valence-corrected chi connectivity index (χ4v) is 10.2. The highest BCUT2D eigenvalue weighted by atomic mass is 14.2. The summed E-state index contributed by atoms with van der Waals surface area (Å²) >= 11 is 0. The van der Waals surface area contributed by atoms with Gasteiger partial charge in [0.15, 0.2) is 0 Å². The summed E-state index contributed by atoms with van der Waals surface area (Å²) in [5.41, 5.74) is 27.1. The zero-order valence-corrected chi connectivity index (χ0v) is 55.3. The minimum absolute atomic E-state index is 0.267. The average Bonchev–Trinajstić information content (AvgIpc) is 3.46. The maximum Gasteiger partial charge on any atom is -0.0132 e. The fourth-order valence-electron chi connectivity index (χ4n) is 10.2. The zero-order valence-electron chi connectivity index (χ0n) is 55.3. The van der Waals surface area contributed by atoms with E-state index in [1.807, 2.05) is 0 Å². The van der Waals surface area contributed by atoms with Crippen molar-refractivity contribution >= 4 is 0 Å². The monoisotopic (exact) mass is 1080 g/mol. The van der Waals surface area contributed by atoms with Crippen molar-refractivity contribution in [1.29, 1.82) is 0 Å². The van der Waals surface area contributed by atoms with Crippen LogP contribution in [0.3, 0.4) is 0 Å². The second kappa shape index (κ2) is 34.3. The third kappa shape index (κ3) is 24.4. The van der Waals surface area contributed by atoms with Crippen LogP contribution in [-0.2, 0) is 24.7 Å². The average molecular weight is 1080 g/mol. The van der Waals surface area contributed by atoms with E-state index in [1.54, 1.807) is 0 Å². The number of hydrogen-bond donors (Lipinski definition) is 0. The van der Waals surface area contributed by atoms with Crippen LogP contribution in [0, 0.1) is 73.1 Å². The van der Waals surface area contributed by atoms with Gasteiger partial charge in [-0.3, -0.25) is 0 Å². The normalized spacial score (nSPS) is 11.0. The summed E-state index contributed by atoms with van der Waals surface area (Å²) in [7, 11) is 0. The summed E-state index contributed by atoms with van der Waals surface area (Å²) in [6.07, 6.45) is 3.59. The van der Waals surface area contributed by atoms with Gasteiger partial charge in [-0.1, -0.05) is 291 Å². The Hall–Kier alpha value is -6.24. The lowest BCUT2D eigenvalue weighted by molar-refractivity contribution is 0.589.